The fourth-order valence-corrected chi connectivity index (χ4v) is 8.09. The van der Waals surface area contributed by atoms with Crippen LogP contribution in [0, 0.1) is 0 Å². The standard InChI is InChI=1S/C58H66Cl2O12/c1-3-5-7-9-11-13-15-17-19-21-39-67-45-31-23-41(24-32-45)55(63)69-47-35-27-43(28-36-47)57(65)71-53-49(59)52(62)54(50(60)51(53)61)72-58(66)44-29-37-48(38-30-44)70-56(64)42-25-33-46(34-26-42)68-40-22-20-18-16-14-12-10-8-6-4-2/h23-38H,3-22,39-40H2,1-2H3. The zero-order chi connectivity index (χ0) is 51.5. The molecule has 0 bridgehead atoms. The lowest BCUT2D eigenvalue weighted by molar-refractivity contribution is -0.119. The summed E-state index contributed by atoms with van der Waals surface area (Å²) < 4.78 is 33.0. The van der Waals surface area contributed by atoms with E-state index in [0.29, 0.717) is 24.7 Å². The Labute approximate surface area is 433 Å². The summed E-state index contributed by atoms with van der Waals surface area (Å²) >= 11 is 12.4. The van der Waals surface area contributed by atoms with Crippen LogP contribution in [0.1, 0.15) is 184 Å². The molecule has 1 aliphatic rings. The average molecular weight is 1030 g/mol. The maximum absolute atomic E-state index is 13.2. The van der Waals surface area contributed by atoms with Gasteiger partial charge in [0.2, 0.25) is 23.1 Å². The van der Waals surface area contributed by atoms with Crippen molar-refractivity contribution in [3.8, 4) is 23.0 Å². The number of rotatable bonds is 32. The molecule has 0 fully saturated rings. The molecule has 0 atom stereocenters. The van der Waals surface area contributed by atoms with Crippen LogP contribution in [-0.4, -0.2) is 48.7 Å². The molecule has 5 rings (SSSR count). The van der Waals surface area contributed by atoms with Gasteiger partial charge in [-0.2, -0.15) is 0 Å². The van der Waals surface area contributed by atoms with Gasteiger partial charge in [-0.1, -0.05) is 153 Å². The lowest BCUT2D eigenvalue weighted by Crippen LogP contribution is -2.26. The van der Waals surface area contributed by atoms with Crippen molar-refractivity contribution in [2.45, 2.75) is 142 Å². The Hall–Kier alpha value is -6.24. The van der Waals surface area contributed by atoms with E-state index in [-0.39, 0.29) is 33.8 Å². The van der Waals surface area contributed by atoms with Crippen molar-refractivity contribution in [2.24, 2.45) is 0 Å². The van der Waals surface area contributed by atoms with Gasteiger partial charge in [0.15, 0.2) is 0 Å². The number of Topliss-reactive ketones (excluding diaryl/α,β-unsaturated/α-hetero) is 2. The van der Waals surface area contributed by atoms with Gasteiger partial charge in [-0.3, -0.25) is 9.59 Å². The van der Waals surface area contributed by atoms with Gasteiger partial charge >= 0.3 is 23.9 Å². The smallest absolute Gasteiger partial charge is 0.343 e. The summed E-state index contributed by atoms with van der Waals surface area (Å²) in [7, 11) is 0. The quantitative estimate of drug-likeness (QED) is 0.0198. The molecule has 0 amide bonds. The van der Waals surface area contributed by atoms with E-state index in [2.05, 4.69) is 13.8 Å². The van der Waals surface area contributed by atoms with Crippen molar-refractivity contribution in [3.05, 3.63) is 141 Å². The van der Waals surface area contributed by atoms with Gasteiger partial charge < -0.3 is 28.4 Å². The number of halogens is 2. The van der Waals surface area contributed by atoms with Crippen molar-refractivity contribution in [1.82, 2.24) is 0 Å². The number of carbonyl (C=O) groups excluding carboxylic acids is 6. The maximum Gasteiger partial charge on any atom is 0.343 e. The zero-order valence-corrected chi connectivity index (χ0v) is 43.0. The Morgan fingerprint density at radius 2 is 0.569 bits per heavy atom. The predicted octanol–water partition coefficient (Wildman–Crippen LogP) is 14.8. The minimum Gasteiger partial charge on any atom is -0.494 e. The second kappa shape index (κ2) is 31.3. The first-order valence-corrected chi connectivity index (χ1v) is 26.2. The topological polar surface area (TPSA) is 158 Å². The van der Waals surface area contributed by atoms with Crippen LogP contribution in [0.15, 0.2) is 119 Å². The highest BCUT2D eigenvalue weighted by Gasteiger charge is 2.39. The monoisotopic (exact) mass is 1020 g/mol. The Kier molecular flexibility index (Phi) is 24.6. The summed E-state index contributed by atoms with van der Waals surface area (Å²) in [4.78, 5) is 78.1. The van der Waals surface area contributed by atoms with E-state index in [1.165, 1.54) is 151 Å². The normalized spacial score (nSPS) is 12.4. The summed E-state index contributed by atoms with van der Waals surface area (Å²) in [5.41, 5.74) is 0.409. The molecule has 0 heterocycles. The van der Waals surface area contributed by atoms with Gasteiger partial charge in [-0.05, 0) is 110 Å². The molecular formula is C58H66Cl2O12. The number of allylic oxidation sites excluding steroid dienone is 2. The van der Waals surface area contributed by atoms with Gasteiger partial charge in [0.1, 0.15) is 33.1 Å². The maximum atomic E-state index is 13.2. The van der Waals surface area contributed by atoms with Crippen LogP contribution in [0.3, 0.4) is 0 Å². The molecule has 4 aromatic rings. The fraction of sp³-hybridized carbons (Fsp3) is 0.414. The number of hydrogen-bond acceptors (Lipinski definition) is 12. The molecule has 72 heavy (non-hydrogen) atoms. The van der Waals surface area contributed by atoms with Gasteiger partial charge in [-0.25, -0.2) is 19.2 Å². The first-order chi connectivity index (χ1) is 35.0. The molecule has 0 spiro atoms. The van der Waals surface area contributed by atoms with E-state index >= 15 is 0 Å². The minimum atomic E-state index is -1.19. The number of unbranched alkanes of at least 4 members (excludes halogenated alkanes) is 18. The number of esters is 4. The molecule has 384 valence electrons. The Bertz CT molecular complexity index is 2290. The van der Waals surface area contributed by atoms with Crippen molar-refractivity contribution in [1.29, 1.82) is 0 Å². The van der Waals surface area contributed by atoms with Crippen molar-refractivity contribution in [3.63, 3.8) is 0 Å². The van der Waals surface area contributed by atoms with Crippen LogP contribution in [0.5, 0.6) is 23.0 Å². The first-order valence-electron chi connectivity index (χ1n) is 25.4. The molecule has 0 saturated heterocycles. The molecule has 0 saturated carbocycles. The average Bonchev–Trinajstić information content (AvgIpc) is 3.39. The number of ketones is 2. The van der Waals surface area contributed by atoms with Crippen molar-refractivity contribution < 1.29 is 57.2 Å². The molecule has 14 heteroatoms. The third kappa shape index (κ3) is 18.7. The molecule has 0 unspecified atom stereocenters. The Morgan fingerprint density at radius 1 is 0.333 bits per heavy atom. The SMILES string of the molecule is CCCCCCCCCCCCOc1ccc(C(=O)Oc2ccc(C(=O)OC3=C(Cl)C(=O)C(OC(=O)c4ccc(OC(=O)c5ccc(OCCCCCCCCCCCC)cc5)cc4)=C(Cl)C3=O)cc2)cc1. The highest BCUT2D eigenvalue weighted by atomic mass is 35.5. The highest BCUT2D eigenvalue weighted by molar-refractivity contribution is 6.55. The summed E-state index contributed by atoms with van der Waals surface area (Å²) in [6.07, 6.45) is 24.7. The van der Waals surface area contributed by atoms with Crippen molar-refractivity contribution >= 4 is 58.6 Å². The molecule has 0 N–H and O–H groups in total. The highest BCUT2D eigenvalue weighted by Crippen LogP contribution is 2.32. The number of benzene rings is 4. The third-order valence-corrected chi connectivity index (χ3v) is 12.6. The van der Waals surface area contributed by atoms with Crippen LogP contribution in [0.25, 0.3) is 0 Å². The van der Waals surface area contributed by atoms with E-state index in [1.54, 1.807) is 48.5 Å². The molecule has 1 aliphatic carbocycles. The molecule has 0 aromatic heterocycles. The first kappa shape index (κ1) is 56.7. The Morgan fingerprint density at radius 3 is 0.847 bits per heavy atom. The van der Waals surface area contributed by atoms with Gasteiger partial charge in [0, 0.05) is 0 Å². The second-order valence-electron chi connectivity index (χ2n) is 17.7. The lowest BCUT2D eigenvalue weighted by Gasteiger charge is -2.17. The number of ether oxygens (including phenoxy) is 6. The van der Waals surface area contributed by atoms with Gasteiger partial charge in [0.25, 0.3) is 0 Å². The molecular weight excluding hydrogens is 960 g/mol. The van der Waals surface area contributed by atoms with Crippen LogP contribution in [0.4, 0.5) is 0 Å². The third-order valence-electron chi connectivity index (χ3n) is 11.9. The molecule has 0 radical (unpaired) electrons. The van der Waals surface area contributed by atoms with E-state index in [1.807, 2.05) is 0 Å². The molecule has 4 aromatic carbocycles. The molecule has 12 nitrogen and oxygen atoms in total. The van der Waals surface area contributed by atoms with E-state index in [4.69, 9.17) is 51.6 Å². The number of carbonyl (C=O) groups is 6. The summed E-state index contributed by atoms with van der Waals surface area (Å²) in [6.45, 7) is 5.64. The van der Waals surface area contributed by atoms with Gasteiger partial charge in [0.05, 0.1) is 35.5 Å². The largest absolute Gasteiger partial charge is 0.494 e. The summed E-state index contributed by atoms with van der Waals surface area (Å²) in [5, 5.41) is -1.70. The Balaban J connectivity index is 1.02. The zero-order valence-electron chi connectivity index (χ0n) is 41.4. The minimum absolute atomic E-state index is 0.0834. The van der Waals surface area contributed by atoms with Crippen LogP contribution < -0.4 is 18.9 Å². The lowest BCUT2D eigenvalue weighted by atomic mass is 10.1. The molecule has 0 aliphatic heterocycles. The van der Waals surface area contributed by atoms with Crippen LogP contribution in [0.2, 0.25) is 0 Å². The van der Waals surface area contributed by atoms with E-state index < -0.39 is 57.0 Å². The summed E-state index contributed by atoms with van der Waals surface area (Å²) in [5.74, 6) is -6.02. The van der Waals surface area contributed by atoms with E-state index in [9.17, 15) is 28.8 Å². The summed E-state index contributed by atoms with van der Waals surface area (Å²) in [6, 6.07) is 23.7. The van der Waals surface area contributed by atoms with Crippen molar-refractivity contribution in [2.75, 3.05) is 13.2 Å². The fourth-order valence-electron chi connectivity index (χ4n) is 7.67. The predicted molar refractivity (Wildman–Crippen MR) is 277 cm³/mol. The number of hydrogen-bond donors (Lipinski definition) is 0. The van der Waals surface area contributed by atoms with E-state index in [0.717, 1.165) is 25.7 Å². The van der Waals surface area contributed by atoms with Crippen LogP contribution in [-0.2, 0) is 19.1 Å². The second-order valence-corrected chi connectivity index (χ2v) is 18.4. The van der Waals surface area contributed by atoms with Gasteiger partial charge in [-0.15, -0.1) is 0 Å². The van der Waals surface area contributed by atoms with Crippen LogP contribution >= 0.6 is 23.2 Å².